The van der Waals surface area contributed by atoms with Crippen molar-refractivity contribution in [3.8, 4) is 0 Å². The fraction of sp³-hybridized carbons (Fsp3) is 0.964. The summed E-state index contributed by atoms with van der Waals surface area (Å²) in [6.45, 7) is 6.26. The first-order valence-corrected chi connectivity index (χ1v) is 25.6. The normalized spacial score (nSPS) is 50.0. The minimum Gasteiger partial charge on any atom is -0.412 e. The van der Waals surface area contributed by atoms with Gasteiger partial charge in [-0.2, -0.15) is 0 Å². The van der Waals surface area contributed by atoms with E-state index < -0.39 is 63.3 Å². The molecule has 0 saturated heterocycles. The van der Waals surface area contributed by atoms with Crippen LogP contribution in [0, 0.1) is 116 Å². The van der Waals surface area contributed by atoms with Crippen LogP contribution < -0.4 is 0 Å². The highest BCUT2D eigenvalue weighted by molar-refractivity contribution is 5.84. The summed E-state index contributed by atoms with van der Waals surface area (Å²) in [6.07, 6.45) is 12.2. The summed E-state index contributed by atoms with van der Waals surface area (Å²) in [4.78, 5) is 26.7. The van der Waals surface area contributed by atoms with Gasteiger partial charge in [0, 0.05) is 41.1 Å². The second-order valence-corrected chi connectivity index (χ2v) is 24.8. The SMILES string of the molecule is O.O.[2H]C([2H])([2H])C([C@@H](C)C[C@H](O)[C@@H](C)[C@H]1CC[C@H]2[C@@H]3CC(=O)[C@H]4C[C@@H](O)CC[C@]4(C)[C@H]3CC[C@]12C)C([2H])([2H])[2H].[2H]C([2H])([2H])C([C@@H](C)C[C@H](O)[C@@H](C)[C@H]1CC[C@H]2[C@@H]3CC(=O)[C@H]4C[C@@H](O)CC[C@]4(C)[C@H]3CC[C@]12C)C([2H])([2H])[2H]. The quantitative estimate of drug-likeness (QED) is 0.169. The van der Waals surface area contributed by atoms with Gasteiger partial charge in [-0.25, -0.2) is 0 Å². The Morgan fingerprint density at radius 2 is 0.859 bits per heavy atom. The number of fused-ring (bicyclic) bond motifs is 10. The monoisotopic (exact) mass is 913 g/mol. The first-order chi connectivity index (χ1) is 33.8. The molecule has 22 atom stereocenters. The van der Waals surface area contributed by atoms with Crippen LogP contribution in [0.15, 0.2) is 0 Å². The minimum absolute atomic E-state index is 0. The average molecular weight is 913 g/mol. The zero-order valence-electron chi connectivity index (χ0n) is 52.9. The van der Waals surface area contributed by atoms with Gasteiger partial charge in [0.2, 0.25) is 0 Å². The molecule has 0 bridgehead atoms. The molecular formula is C56H100O8. The molecule has 8 heteroatoms. The Morgan fingerprint density at radius 1 is 0.531 bits per heavy atom. The summed E-state index contributed by atoms with van der Waals surface area (Å²) in [5, 5.41) is 43.1. The molecule has 372 valence electrons. The largest absolute Gasteiger partial charge is 0.412 e. The van der Waals surface area contributed by atoms with Crippen molar-refractivity contribution in [2.75, 3.05) is 0 Å². The fourth-order valence-electron chi connectivity index (χ4n) is 17.8. The van der Waals surface area contributed by atoms with Gasteiger partial charge in [-0.15, -0.1) is 0 Å². The average Bonchev–Trinajstić information content (AvgIpc) is 3.79. The summed E-state index contributed by atoms with van der Waals surface area (Å²) in [7, 11) is 0. The topological polar surface area (TPSA) is 178 Å². The van der Waals surface area contributed by atoms with Crippen LogP contribution in [0.25, 0.3) is 0 Å². The summed E-state index contributed by atoms with van der Waals surface area (Å²) in [5.41, 5.74) is -0.0383. The Morgan fingerprint density at radius 3 is 1.20 bits per heavy atom. The smallest absolute Gasteiger partial charge is 0.136 e. The minimum atomic E-state index is -2.60. The number of carbonyl (C=O) groups excluding carboxylic acids is 2. The molecule has 8 N–H and O–H groups in total. The number of hydrogen-bond donors (Lipinski definition) is 4. The lowest BCUT2D eigenvalue weighted by Crippen LogP contribution is -2.57. The molecular weight excluding hydrogens is 801 g/mol. The van der Waals surface area contributed by atoms with Crippen LogP contribution in [0.2, 0.25) is 0 Å². The van der Waals surface area contributed by atoms with Gasteiger partial charge in [0.05, 0.1) is 24.4 Å². The maximum atomic E-state index is 13.4. The Kier molecular flexibility index (Phi) is 12.3. The van der Waals surface area contributed by atoms with E-state index in [-0.39, 0.29) is 93.2 Å². The Hall–Kier alpha value is -0.900. The van der Waals surface area contributed by atoms with Gasteiger partial charge >= 0.3 is 0 Å². The predicted octanol–water partition coefficient (Wildman–Crippen LogP) is 10.1. The van der Waals surface area contributed by atoms with E-state index in [1.54, 1.807) is 13.8 Å². The van der Waals surface area contributed by atoms with Crippen LogP contribution in [0.1, 0.15) is 215 Å². The lowest BCUT2D eigenvalue weighted by molar-refractivity contribution is -0.161. The Bertz CT molecular complexity index is 1830. The molecule has 0 aromatic carbocycles. The molecule has 8 rings (SSSR count). The van der Waals surface area contributed by atoms with E-state index in [1.807, 2.05) is 13.8 Å². The molecule has 0 amide bonds. The maximum Gasteiger partial charge on any atom is 0.136 e. The standard InChI is InChI=1S/2C28H48O3.2H2O/c2*1-16(2)17(3)13-25(30)18(4)21-7-8-22-20-15-26(31)24-14-19(29)9-11-28(24,6)23(20)10-12-27(21,22)5;;/h2*16-25,29-30H,7-15H2,1-6H3;2*1H2/t2*17-,18-,19-,20-,21+,22-,23-,24+,25-,27+,28+;;/m00../s1/i2*1D3,2D3;;. The van der Waals surface area contributed by atoms with Gasteiger partial charge in [0.1, 0.15) is 11.6 Å². The van der Waals surface area contributed by atoms with Gasteiger partial charge in [-0.1, -0.05) is 82.8 Å². The number of aliphatic hydroxyl groups excluding tert-OH is 4. The highest BCUT2D eigenvalue weighted by Crippen LogP contribution is 2.70. The van der Waals surface area contributed by atoms with Crippen molar-refractivity contribution in [2.24, 2.45) is 116 Å². The number of Topliss-reactive ketones (excluding diaryl/α,β-unsaturated/α-hetero) is 2. The van der Waals surface area contributed by atoms with E-state index in [1.165, 1.54) is 0 Å². The van der Waals surface area contributed by atoms with Crippen LogP contribution >= 0.6 is 0 Å². The molecule has 8 fully saturated rings. The van der Waals surface area contributed by atoms with Crippen LogP contribution in [-0.2, 0) is 9.59 Å². The van der Waals surface area contributed by atoms with Crippen molar-refractivity contribution in [2.45, 2.75) is 223 Å². The zero-order valence-corrected chi connectivity index (χ0v) is 40.9. The highest BCUT2D eigenvalue weighted by Gasteiger charge is 2.64. The van der Waals surface area contributed by atoms with Crippen molar-refractivity contribution >= 4 is 11.6 Å². The van der Waals surface area contributed by atoms with Crippen molar-refractivity contribution in [1.29, 1.82) is 0 Å². The molecule has 8 aliphatic rings. The summed E-state index contributed by atoms with van der Waals surface area (Å²) >= 11 is 0. The lowest BCUT2D eigenvalue weighted by Gasteiger charge is -2.60. The number of carbonyl (C=O) groups is 2. The first kappa shape index (κ1) is 38.9. The molecule has 0 radical (unpaired) electrons. The molecule has 0 aromatic rings. The first-order valence-electron chi connectivity index (χ1n) is 31.6. The van der Waals surface area contributed by atoms with Gasteiger partial charge in [0.25, 0.3) is 0 Å². The van der Waals surface area contributed by atoms with Crippen LogP contribution in [-0.4, -0.2) is 67.4 Å². The fourth-order valence-corrected chi connectivity index (χ4v) is 17.8. The Labute approximate surface area is 407 Å². The molecule has 8 nitrogen and oxygen atoms in total. The number of ketones is 2. The number of hydrogen-bond acceptors (Lipinski definition) is 6. The predicted molar refractivity (Wildman–Crippen MR) is 258 cm³/mol. The van der Waals surface area contributed by atoms with Gasteiger partial charge in [-0.3, -0.25) is 9.59 Å². The van der Waals surface area contributed by atoms with Crippen molar-refractivity contribution in [3.05, 3.63) is 0 Å². The van der Waals surface area contributed by atoms with E-state index in [0.717, 1.165) is 77.0 Å². The molecule has 8 saturated carbocycles. The maximum absolute atomic E-state index is 13.4. The van der Waals surface area contributed by atoms with E-state index in [0.29, 0.717) is 72.8 Å². The third kappa shape index (κ3) is 9.42. The zero-order chi connectivity index (χ0) is 55.4. The summed E-state index contributed by atoms with van der Waals surface area (Å²) in [5.74, 6) is -0.695. The van der Waals surface area contributed by atoms with Crippen LogP contribution in [0.3, 0.4) is 0 Å². The molecule has 0 unspecified atom stereocenters. The third-order valence-corrected chi connectivity index (χ3v) is 21.9. The lowest BCUT2D eigenvalue weighted by atomic mass is 9.44. The van der Waals surface area contributed by atoms with E-state index >= 15 is 0 Å². The number of rotatable bonds is 10. The molecule has 0 spiro atoms. The van der Waals surface area contributed by atoms with Crippen molar-refractivity contribution in [3.63, 3.8) is 0 Å². The molecule has 0 aromatic heterocycles. The van der Waals surface area contributed by atoms with Gasteiger partial charge < -0.3 is 31.4 Å². The van der Waals surface area contributed by atoms with Gasteiger partial charge in [0.15, 0.2) is 0 Å². The Balaban J connectivity index is 0.000000274. The van der Waals surface area contributed by atoms with E-state index in [4.69, 9.17) is 16.4 Å². The van der Waals surface area contributed by atoms with Crippen molar-refractivity contribution < 1.29 is 57.4 Å². The van der Waals surface area contributed by atoms with Crippen molar-refractivity contribution in [1.82, 2.24) is 0 Å². The summed E-state index contributed by atoms with van der Waals surface area (Å²) < 4.78 is 93.5. The van der Waals surface area contributed by atoms with Crippen LogP contribution in [0.4, 0.5) is 0 Å². The highest BCUT2D eigenvalue weighted by atomic mass is 16.3. The molecule has 8 aliphatic carbocycles. The third-order valence-electron chi connectivity index (χ3n) is 21.9. The second-order valence-electron chi connectivity index (χ2n) is 24.8. The van der Waals surface area contributed by atoms with E-state index in [9.17, 15) is 30.0 Å². The number of aliphatic hydroxyl groups is 4. The molecule has 64 heavy (non-hydrogen) atoms. The molecule has 0 heterocycles. The summed E-state index contributed by atoms with van der Waals surface area (Å²) in [6, 6.07) is 0. The van der Waals surface area contributed by atoms with Crippen LogP contribution in [0.5, 0.6) is 0 Å². The molecule has 0 aliphatic heterocycles. The van der Waals surface area contributed by atoms with E-state index in [2.05, 4.69) is 27.7 Å². The second kappa shape index (κ2) is 20.2. The van der Waals surface area contributed by atoms with Gasteiger partial charge in [-0.05, 0) is 207 Å².